The van der Waals surface area contributed by atoms with Crippen molar-refractivity contribution in [3.63, 3.8) is 0 Å². The van der Waals surface area contributed by atoms with E-state index in [0.717, 1.165) is 5.50 Å². The molecule has 0 spiro atoms. The van der Waals surface area contributed by atoms with Gasteiger partial charge in [-0.3, -0.25) is 0 Å². The third kappa shape index (κ3) is 4.48. The van der Waals surface area contributed by atoms with Gasteiger partial charge in [0.25, 0.3) is 0 Å². The fourth-order valence-corrected chi connectivity index (χ4v) is 10.1. The van der Waals surface area contributed by atoms with Crippen LogP contribution in [-0.2, 0) is 3.76 Å². The molecular formula is C12H27GeOP. The third-order valence-corrected chi connectivity index (χ3v) is 15.6. The van der Waals surface area contributed by atoms with Crippen LogP contribution in [0.3, 0.4) is 0 Å². The van der Waals surface area contributed by atoms with Gasteiger partial charge < -0.3 is 0 Å². The Kier molecular flexibility index (Phi) is 8.00. The molecule has 0 atom stereocenters. The molecule has 15 heavy (non-hydrogen) atoms. The van der Waals surface area contributed by atoms with Gasteiger partial charge in [0.1, 0.15) is 0 Å². The van der Waals surface area contributed by atoms with Gasteiger partial charge in [-0.2, -0.15) is 0 Å². The van der Waals surface area contributed by atoms with Gasteiger partial charge in [-0.15, -0.1) is 0 Å². The van der Waals surface area contributed by atoms with Crippen LogP contribution in [0.2, 0.25) is 15.8 Å². The van der Waals surface area contributed by atoms with Crippen LogP contribution < -0.4 is 0 Å². The molecule has 0 bridgehead atoms. The van der Waals surface area contributed by atoms with Crippen LogP contribution in [0.25, 0.3) is 0 Å². The van der Waals surface area contributed by atoms with Gasteiger partial charge in [0.2, 0.25) is 0 Å². The molecular weight excluding hydrogens is 264 g/mol. The van der Waals surface area contributed by atoms with Gasteiger partial charge in [-0.1, -0.05) is 0 Å². The van der Waals surface area contributed by atoms with Gasteiger partial charge in [0.15, 0.2) is 0 Å². The monoisotopic (exact) mass is 292 g/mol. The third-order valence-electron chi connectivity index (χ3n) is 3.38. The molecule has 0 unspecified atom stereocenters. The quantitative estimate of drug-likeness (QED) is 0.347. The minimum absolute atomic E-state index is 0.0687. The summed E-state index contributed by atoms with van der Waals surface area (Å²) in [4.78, 5) is 0. The summed E-state index contributed by atoms with van der Waals surface area (Å²) in [5, 5.41) is 3.80. The fourth-order valence-electron chi connectivity index (χ4n) is 1.86. The fraction of sp³-hybridized carbons (Fsp3) is 0.833. The summed E-state index contributed by atoms with van der Waals surface area (Å²) in [6.07, 6.45) is 2.44. The molecule has 0 amide bonds. The van der Waals surface area contributed by atoms with E-state index in [1.807, 2.05) is 0 Å². The molecule has 0 fully saturated rings. The standard InChI is InChI=1S/C12H27GeOP/c1-7-13(8-2,9-3)14-12(6)15(10-4)11-5/h6-11H2,1-5H3. The second-order valence-electron chi connectivity index (χ2n) is 3.91. The average Bonchev–Trinajstić information content (AvgIpc) is 2.28. The second kappa shape index (κ2) is 7.73. The van der Waals surface area contributed by atoms with Gasteiger partial charge in [0.05, 0.1) is 0 Å². The molecule has 0 N–H and O–H groups in total. The first kappa shape index (κ1) is 15.5. The number of hydrogen-bond acceptors (Lipinski definition) is 1. The van der Waals surface area contributed by atoms with Gasteiger partial charge in [-0.25, -0.2) is 0 Å². The van der Waals surface area contributed by atoms with Crippen molar-refractivity contribution in [2.45, 2.75) is 50.4 Å². The normalized spacial score (nSPS) is 11.9. The van der Waals surface area contributed by atoms with E-state index in [1.165, 1.54) is 28.1 Å². The Morgan fingerprint density at radius 1 is 1.00 bits per heavy atom. The Balaban J connectivity index is 4.46. The first-order chi connectivity index (χ1) is 7.09. The van der Waals surface area contributed by atoms with E-state index in [9.17, 15) is 0 Å². The molecule has 0 aliphatic carbocycles. The summed E-state index contributed by atoms with van der Waals surface area (Å²) >= 11 is -1.99. The van der Waals surface area contributed by atoms with Gasteiger partial charge >= 0.3 is 100 Å². The Labute approximate surface area is 100 Å². The van der Waals surface area contributed by atoms with Crippen molar-refractivity contribution < 1.29 is 3.76 Å². The van der Waals surface area contributed by atoms with E-state index in [2.05, 4.69) is 41.2 Å². The van der Waals surface area contributed by atoms with E-state index >= 15 is 0 Å². The SMILES string of the molecule is C=C([O][Ge]([CH2]C)([CH2]C)[CH2]C)P(CC)CC. The van der Waals surface area contributed by atoms with Crippen molar-refractivity contribution in [2.24, 2.45) is 0 Å². The molecule has 0 heterocycles. The molecule has 0 aromatic carbocycles. The van der Waals surface area contributed by atoms with Crippen LogP contribution in [0.4, 0.5) is 0 Å². The number of hydrogen-bond donors (Lipinski definition) is 0. The van der Waals surface area contributed by atoms with Crippen molar-refractivity contribution >= 4 is 21.5 Å². The summed E-state index contributed by atoms with van der Waals surface area (Å²) < 4.78 is 6.35. The van der Waals surface area contributed by atoms with Gasteiger partial charge in [-0.05, 0) is 0 Å². The van der Waals surface area contributed by atoms with Crippen molar-refractivity contribution in [1.29, 1.82) is 0 Å². The van der Waals surface area contributed by atoms with E-state index in [0.29, 0.717) is 0 Å². The zero-order valence-electron chi connectivity index (χ0n) is 11.1. The van der Waals surface area contributed by atoms with Crippen LogP contribution in [0, 0.1) is 0 Å². The summed E-state index contributed by atoms with van der Waals surface area (Å²) in [6.45, 7) is 15.6. The summed E-state index contributed by atoms with van der Waals surface area (Å²) in [5.74, 6) is 0. The molecule has 0 aromatic heterocycles. The first-order valence-corrected chi connectivity index (χ1v) is 13.2. The second-order valence-corrected chi connectivity index (χ2v) is 16.6. The van der Waals surface area contributed by atoms with Gasteiger partial charge in [0, 0.05) is 0 Å². The van der Waals surface area contributed by atoms with Crippen molar-refractivity contribution in [1.82, 2.24) is 0 Å². The molecule has 0 radical (unpaired) electrons. The predicted molar refractivity (Wildman–Crippen MR) is 75.4 cm³/mol. The zero-order valence-corrected chi connectivity index (χ0v) is 14.1. The Morgan fingerprint density at radius 3 is 1.67 bits per heavy atom. The topological polar surface area (TPSA) is 9.23 Å². The van der Waals surface area contributed by atoms with E-state index in [-0.39, 0.29) is 7.92 Å². The zero-order chi connectivity index (χ0) is 11.9. The molecule has 0 aromatic rings. The molecule has 0 saturated heterocycles. The van der Waals surface area contributed by atoms with Crippen LogP contribution in [0.1, 0.15) is 34.6 Å². The maximum absolute atomic E-state index is 6.35. The van der Waals surface area contributed by atoms with Crippen molar-refractivity contribution in [2.75, 3.05) is 12.3 Å². The maximum atomic E-state index is 6.35. The van der Waals surface area contributed by atoms with Crippen molar-refractivity contribution in [3.05, 3.63) is 12.1 Å². The van der Waals surface area contributed by atoms with Crippen LogP contribution in [0.5, 0.6) is 0 Å². The van der Waals surface area contributed by atoms with Crippen molar-refractivity contribution in [3.8, 4) is 0 Å². The average molecular weight is 291 g/mol. The Morgan fingerprint density at radius 2 is 1.40 bits per heavy atom. The summed E-state index contributed by atoms with van der Waals surface area (Å²) in [5.41, 5.74) is 1.14. The predicted octanol–water partition coefficient (Wildman–Crippen LogP) is 5.00. The molecule has 0 aliphatic heterocycles. The summed E-state index contributed by atoms with van der Waals surface area (Å²) in [7, 11) is -0.0687. The Hall–Kier alpha value is 0.513. The van der Waals surface area contributed by atoms with Crippen LogP contribution in [-0.4, -0.2) is 25.9 Å². The first-order valence-electron chi connectivity index (χ1n) is 6.21. The number of rotatable bonds is 8. The Bertz CT molecular complexity index is 178. The van der Waals surface area contributed by atoms with E-state index in [4.69, 9.17) is 3.76 Å². The molecule has 3 heteroatoms. The summed E-state index contributed by atoms with van der Waals surface area (Å²) in [6, 6.07) is 0. The minimum atomic E-state index is -1.99. The van der Waals surface area contributed by atoms with E-state index in [1.54, 1.807) is 0 Å². The van der Waals surface area contributed by atoms with Crippen LogP contribution in [0.15, 0.2) is 12.1 Å². The molecule has 0 saturated carbocycles. The molecule has 90 valence electrons. The van der Waals surface area contributed by atoms with E-state index < -0.39 is 13.6 Å². The molecule has 1 nitrogen and oxygen atoms in total. The molecule has 0 rings (SSSR count). The van der Waals surface area contributed by atoms with Crippen LogP contribution >= 0.6 is 7.92 Å². The molecule has 0 aliphatic rings.